The number of methoxy groups -OCH3 is 1. The average Bonchev–Trinajstić information content (AvgIpc) is 2.55. The lowest BCUT2D eigenvalue weighted by Crippen LogP contribution is -2.32. The minimum Gasteiger partial charge on any atom is -0.469 e. The number of ether oxygens (including phenoxy) is 1. The molecular weight excluding hydrogens is 262 g/mol. The van der Waals surface area contributed by atoms with Crippen LogP contribution in [0.1, 0.15) is 12.5 Å². The SMILES string of the molecule is COC(=O)[C@H](C)CN(Cc1ccccc1)c1ccccc1. The number of hydrogen-bond donors (Lipinski definition) is 0. The maximum Gasteiger partial charge on any atom is 0.310 e. The Morgan fingerprint density at radius 1 is 1.05 bits per heavy atom. The molecule has 0 aliphatic rings. The van der Waals surface area contributed by atoms with Crippen LogP contribution in [0.25, 0.3) is 0 Å². The largest absolute Gasteiger partial charge is 0.469 e. The van der Waals surface area contributed by atoms with Gasteiger partial charge in [-0.05, 0) is 17.7 Å². The number of anilines is 1. The van der Waals surface area contributed by atoms with E-state index in [9.17, 15) is 4.79 Å². The minimum atomic E-state index is -0.177. The summed E-state index contributed by atoms with van der Waals surface area (Å²) in [4.78, 5) is 13.9. The standard InChI is InChI=1S/C18H21NO2/c1-15(18(20)21-2)13-19(17-11-7-4-8-12-17)14-16-9-5-3-6-10-16/h3-12,15H,13-14H2,1-2H3/t15-/m1/s1. The van der Waals surface area contributed by atoms with Crippen molar-refractivity contribution in [3.63, 3.8) is 0 Å². The Hall–Kier alpha value is -2.29. The number of esters is 1. The number of para-hydroxylation sites is 1. The predicted octanol–water partition coefficient (Wildman–Crippen LogP) is 3.50. The maximum absolute atomic E-state index is 11.7. The molecule has 0 heterocycles. The number of rotatable bonds is 6. The third-order valence-electron chi connectivity index (χ3n) is 3.44. The van der Waals surface area contributed by atoms with Crippen LogP contribution in [0.2, 0.25) is 0 Å². The Morgan fingerprint density at radius 2 is 1.62 bits per heavy atom. The van der Waals surface area contributed by atoms with Crippen LogP contribution < -0.4 is 4.90 Å². The molecule has 21 heavy (non-hydrogen) atoms. The van der Waals surface area contributed by atoms with Gasteiger partial charge in [-0.1, -0.05) is 55.5 Å². The molecule has 0 bridgehead atoms. The Labute approximate surface area is 126 Å². The van der Waals surface area contributed by atoms with Crippen molar-refractivity contribution in [2.45, 2.75) is 13.5 Å². The van der Waals surface area contributed by atoms with Gasteiger partial charge in [0.1, 0.15) is 0 Å². The molecule has 0 amide bonds. The lowest BCUT2D eigenvalue weighted by Gasteiger charge is -2.27. The fourth-order valence-electron chi connectivity index (χ4n) is 2.31. The van der Waals surface area contributed by atoms with E-state index in [1.165, 1.54) is 12.7 Å². The summed E-state index contributed by atoms with van der Waals surface area (Å²) in [6, 6.07) is 20.4. The monoisotopic (exact) mass is 283 g/mol. The van der Waals surface area contributed by atoms with Crippen molar-refractivity contribution in [3.8, 4) is 0 Å². The third-order valence-corrected chi connectivity index (χ3v) is 3.44. The fourth-order valence-corrected chi connectivity index (χ4v) is 2.31. The zero-order valence-electron chi connectivity index (χ0n) is 12.5. The second kappa shape index (κ2) is 7.48. The van der Waals surface area contributed by atoms with Gasteiger partial charge in [-0.15, -0.1) is 0 Å². The van der Waals surface area contributed by atoms with Crippen LogP contribution in [0.15, 0.2) is 60.7 Å². The highest BCUT2D eigenvalue weighted by atomic mass is 16.5. The van der Waals surface area contributed by atoms with Crippen molar-refractivity contribution in [2.24, 2.45) is 5.92 Å². The zero-order chi connectivity index (χ0) is 15.1. The molecule has 2 aromatic rings. The molecule has 0 saturated heterocycles. The molecule has 1 atom stereocenters. The quantitative estimate of drug-likeness (QED) is 0.760. The first-order valence-electron chi connectivity index (χ1n) is 7.12. The summed E-state index contributed by atoms with van der Waals surface area (Å²) in [7, 11) is 1.43. The smallest absolute Gasteiger partial charge is 0.310 e. The molecule has 0 fully saturated rings. The number of carbonyl (C=O) groups is 1. The third kappa shape index (κ3) is 4.35. The van der Waals surface area contributed by atoms with Crippen LogP contribution in [-0.2, 0) is 16.1 Å². The van der Waals surface area contributed by atoms with Crippen molar-refractivity contribution < 1.29 is 9.53 Å². The molecule has 0 spiro atoms. The van der Waals surface area contributed by atoms with Crippen LogP contribution in [0.5, 0.6) is 0 Å². The van der Waals surface area contributed by atoms with Crippen LogP contribution in [0.4, 0.5) is 5.69 Å². The topological polar surface area (TPSA) is 29.5 Å². The second-order valence-electron chi connectivity index (χ2n) is 5.13. The first kappa shape index (κ1) is 15.1. The summed E-state index contributed by atoms with van der Waals surface area (Å²) >= 11 is 0. The van der Waals surface area contributed by atoms with E-state index >= 15 is 0 Å². The van der Waals surface area contributed by atoms with E-state index in [2.05, 4.69) is 29.2 Å². The second-order valence-corrected chi connectivity index (χ2v) is 5.13. The van der Waals surface area contributed by atoms with Gasteiger partial charge in [-0.3, -0.25) is 4.79 Å². The summed E-state index contributed by atoms with van der Waals surface area (Å²) < 4.78 is 4.83. The van der Waals surface area contributed by atoms with Crippen LogP contribution in [0, 0.1) is 5.92 Å². The molecule has 3 nitrogen and oxygen atoms in total. The number of carbonyl (C=O) groups excluding carboxylic acids is 1. The van der Waals surface area contributed by atoms with Crippen molar-refractivity contribution in [2.75, 3.05) is 18.6 Å². The van der Waals surface area contributed by atoms with E-state index in [0.29, 0.717) is 6.54 Å². The highest BCUT2D eigenvalue weighted by Gasteiger charge is 2.18. The van der Waals surface area contributed by atoms with Gasteiger partial charge in [0, 0.05) is 18.8 Å². The van der Waals surface area contributed by atoms with Crippen molar-refractivity contribution in [1.82, 2.24) is 0 Å². The van der Waals surface area contributed by atoms with Gasteiger partial charge in [0.05, 0.1) is 13.0 Å². The Morgan fingerprint density at radius 3 is 2.19 bits per heavy atom. The Bertz CT molecular complexity index is 554. The highest BCUT2D eigenvalue weighted by molar-refractivity contribution is 5.72. The summed E-state index contributed by atoms with van der Waals surface area (Å²) in [6.45, 7) is 3.30. The van der Waals surface area contributed by atoms with Crippen LogP contribution >= 0.6 is 0 Å². The molecule has 0 saturated carbocycles. The predicted molar refractivity (Wildman–Crippen MR) is 85.1 cm³/mol. The first-order valence-corrected chi connectivity index (χ1v) is 7.12. The summed E-state index contributed by atoms with van der Waals surface area (Å²) in [6.07, 6.45) is 0. The maximum atomic E-state index is 11.7. The fraction of sp³-hybridized carbons (Fsp3) is 0.278. The lowest BCUT2D eigenvalue weighted by molar-refractivity contribution is -0.144. The number of nitrogens with zero attached hydrogens (tertiary/aromatic N) is 1. The molecule has 0 aliphatic heterocycles. The first-order chi connectivity index (χ1) is 10.2. The van der Waals surface area contributed by atoms with E-state index in [1.54, 1.807) is 0 Å². The number of hydrogen-bond acceptors (Lipinski definition) is 3. The van der Waals surface area contributed by atoms with Gasteiger partial charge >= 0.3 is 5.97 Å². The molecule has 2 rings (SSSR count). The van der Waals surface area contributed by atoms with Gasteiger partial charge in [0.25, 0.3) is 0 Å². The van der Waals surface area contributed by atoms with Gasteiger partial charge in [0.15, 0.2) is 0 Å². The molecule has 0 aromatic heterocycles. The molecule has 3 heteroatoms. The van der Waals surface area contributed by atoms with Crippen molar-refractivity contribution in [1.29, 1.82) is 0 Å². The van der Waals surface area contributed by atoms with Crippen molar-refractivity contribution in [3.05, 3.63) is 66.2 Å². The van der Waals surface area contributed by atoms with Crippen LogP contribution in [0.3, 0.4) is 0 Å². The Kier molecular flexibility index (Phi) is 5.38. The van der Waals surface area contributed by atoms with Crippen molar-refractivity contribution >= 4 is 11.7 Å². The average molecular weight is 283 g/mol. The van der Waals surface area contributed by atoms with Gasteiger partial charge in [0.2, 0.25) is 0 Å². The van der Waals surface area contributed by atoms with Gasteiger partial charge in [-0.2, -0.15) is 0 Å². The zero-order valence-corrected chi connectivity index (χ0v) is 12.5. The molecule has 110 valence electrons. The molecule has 0 aliphatic carbocycles. The molecular formula is C18H21NO2. The highest BCUT2D eigenvalue weighted by Crippen LogP contribution is 2.18. The Balaban J connectivity index is 2.17. The van der Waals surface area contributed by atoms with E-state index in [1.807, 2.05) is 43.3 Å². The summed E-state index contributed by atoms with van der Waals surface area (Å²) in [5, 5.41) is 0. The minimum absolute atomic E-state index is 0.168. The van der Waals surface area contributed by atoms with Crippen LogP contribution in [-0.4, -0.2) is 19.6 Å². The normalized spacial score (nSPS) is 11.7. The number of benzene rings is 2. The van der Waals surface area contributed by atoms with Gasteiger partial charge < -0.3 is 9.64 Å². The van der Waals surface area contributed by atoms with E-state index in [0.717, 1.165) is 12.2 Å². The molecule has 2 aromatic carbocycles. The van der Waals surface area contributed by atoms with E-state index in [-0.39, 0.29) is 11.9 Å². The summed E-state index contributed by atoms with van der Waals surface area (Å²) in [5.74, 6) is -0.345. The molecule has 0 N–H and O–H groups in total. The lowest BCUT2D eigenvalue weighted by atomic mass is 10.1. The molecule has 0 radical (unpaired) electrons. The summed E-state index contributed by atoms with van der Waals surface area (Å²) in [5.41, 5.74) is 2.33. The molecule has 0 unspecified atom stereocenters. The van der Waals surface area contributed by atoms with Gasteiger partial charge in [-0.25, -0.2) is 0 Å². The van der Waals surface area contributed by atoms with E-state index in [4.69, 9.17) is 4.74 Å². The van der Waals surface area contributed by atoms with E-state index < -0.39 is 0 Å².